The first kappa shape index (κ1) is 17.5. The number of carbonyl (C=O) groups excluding carboxylic acids is 1. The van der Waals surface area contributed by atoms with E-state index in [2.05, 4.69) is 16.7 Å². The molecule has 1 aromatic rings. The molecule has 5 heteroatoms. The van der Waals surface area contributed by atoms with Crippen LogP contribution < -0.4 is 15.4 Å². The molecule has 1 atom stereocenters. The maximum atomic E-state index is 11.2. The smallest absolute Gasteiger partial charge is 0.221 e. The first-order valence-electron chi connectivity index (χ1n) is 7.37. The van der Waals surface area contributed by atoms with E-state index in [0.29, 0.717) is 26.1 Å². The molecule has 0 saturated heterocycles. The Kier molecular flexibility index (Phi) is 7.79. The SMILES string of the molecule is CCNC(=O)CCNCC(O)COc1cc(C)cc(C)c1. The number of nitrogens with one attached hydrogen (secondary N) is 2. The van der Waals surface area contributed by atoms with Crippen LogP contribution in [0, 0.1) is 13.8 Å². The molecule has 1 unspecified atom stereocenters. The van der Waals surface area contributed by atoms with Crippen molar-refractivity contribution in [2.75, 3.05) is 26.2 Å². The normalized spacial score (nSPS) is 12.0. The van der Waals surface area contributed by atoms with Gasteiger partial charge in [-0.2, -0.15) is 0 Å². The molecule has 5 nitrogen and oxygen atoms in total. The molecule has 3 N–H and O–H groups in total. The number of hydrogen-bond donors (Lipinski definition) is 3. The van der Waals surface area contributed by atoms with Gasteiger partial charge in [0, 0.05) is 26.1 Å². The minimum Gasteiger partial charge on any atom is -0.491 e. The molecule has 1 rings (SSSR count). The zero-order chi connectivity index (χ0) is 15.7. The highest BCUT2D eigenvalue weighted by Crippen LogP contribution is 2.16. The summed E-state index contributed by atoms with van der Waals surface area (Å²) in [6, 6.07) is 5.97. The predicted octanol–water partition coefficient (Wildman–Crippen LogP) is 1.16. The number of amides is 1. The number of aryl methyl sites for hydroxylation is 2. The van der Waals surface area contributed by atoms with Crippen LogP contribution in [0.1, 0.15) is 24.5 Å². The Morgan fingerprint density at radius 2 is 1.95 bits per heavy atom. The first-order valence-corrected chi connectivity index (χ1v) is 7.37. The summed E-state index contributed by atoms with van der Waals surface area (Å²) >= 11 is 0. The zero-order valence-corrected chi connectivity index (χ0v) is 13.1. The average Bonchev–Trinajstić information content (AvgIpc) is 2.41. The Morgan fingerprint density at radius 3 is 2.57 bits per heavy atom. The van der Waals surface area contributed by atoms with Gasteiger partial charge in [0.2, 0.25) is 5.91 Å². The molecule has 0 radical (unpaired) electrons. The van der Waals surface area contributed by atoms with Gasteiger partial charge in [0.1, 0.15) is 18.5 Å². The Morgan fingerprint density at radius 1 is 1.29 bits per heavy atom. The van der Waals surface area contributed by atoms with Crippen molar-refractivity contribution >= 4 is 5.91 Å². The lowest BCUT2D eigenvalue weighted by Crippen LogP contribution is -2.34. The first-order chi connectivity index (χ1) is 10.0. The van der Waals surface area contributed by atoms with E-state index in [1.165, 1.54) is 0 Å². The van der Waals surface area contributed by atoms with Crippen LogP contribution in [0.3, 0.4) is 0 Å². The van der Waals surface area contributed by atoms with Crippen LogP contribution in [-0.2, 0) is 4.79 Å². The van der Waals surface area contributed by atoms with Crippen LogP contribution in [-0.4, -0.2) is 43.4 Å². The lowest BCUT2D eigenvalue weighted by molar-refractivity contribution is -0.120. The highest BCUT2D eigenvalue weighted by molar-refractivity contribution is 5.75. The molecule has 0 aliphatic rings. The lowest BCUT2D eigenvalue weighted by Gasteiger charge is -2.14. The van der Waals surface area contributed by atoms with Crippen LogP contribution in [0.2, 0.25) is 0 Å². The minimum atomic E-state index is -0.597. The number of carbonyl (C=O) groups is 1. The third-order valence-corrected chi connectivity index (χ3v) is 2.92. The van der Waals surface area contributed by atoms with Crippen molar-refractivity contribution in [1.29, 1.82) is 0 Å². The Hall–Kier alpha value is -1.59. The van der Waals surface area contributed by atoms with E-state index in [9.17, 15) is 9.90 Å². The number of ether oxygens (including phenoxy) is 1. The van der Waals surface area contributed by atoms with E-state index in [1.807, 2.05) is 32.9 Å². The number of rotatable bonds is 9. The fourth-order valence-electron chi connectivity index (χ4n) is 2.02. The molecule has 118 valence electrons. The molecule has 0 spiro atoms. The van der Waals surface area contributed by atoms with Crippen molar-refractivity contribution in [2.24, 2.45) is 0 Å². The molecule has 0 heterocycles. The van der Waals surface area contributed by atoms with E-state index in [-0.39, 0.29) is 12.5 Å². The second-order valence-corrected chi connectivity index (χ2v) is 5.20. The summed E-state index contributed by atoms with van der Waals surface area (Å²) < 4.78 is 5.58. The largest absolute Gasteiger partial charge is 0.491 e. The molecular weight excluding hydrogens is 268 g/mol. The van der Waals surface area contributed by atoms with Gasteiger partial charge in [-0.25, -0.2) is 0 Å². The number of aliphatic hydroxyl groups is 1. The maximum Gasteiger partial charge on any atom is 0.221 e. The molecule has 0 bridgehead atoms. The van der Waals surface area contributed by atoms with Gasteiger partial charge < -0.3 is 20.5 Å². The molecule has 0 aromatic heterocycles. The van der Waals surface area contributed by atoms with Crippen LogP contribution in [0.15, 0.2) is 18.2 Å². The number of benzene rings is 1. The van der Waals surface area contributed by atoms with Gasteiger partial charge >= 0.3 is 0 Å². The van der Waals surface area contributed by atoms with Crippen molar-refractivity contribution < 1.29 is 14.6 Å². The fraction of sp³-hybridized carbons (Fsp3) is 0.562. The average molecular weight is 294 g/mol. The van der Waals surface area contributed by atoms with Crippen LogP contribution in [0.25, 0.3) is 0 Å². The van der Waals surface area contributed by atoms with Crippen LogP contribution in [0.4, 0.5) is 0 Å². The van der Waals surface area contributed by atoms with Gasteiger partial charge in [-0.05, 0) is 44.0 Å². The molecule has 0 saturated carbocycles. The molecular formula is C16H26N2O3. The van der Waals surface area contributed by atoms with Crippen LogP contribution in [0.5, 0.6) is 5.75 Å². The number of hydrogen-bond acceptors (Lipinski definition) is 4. The Labute approximate surface area is 126 Å². The standard InChI is InChI=1S/C16H26N2O3/c1-4-18-16(20)5-6-17-10-14(19)11-21-15-8-12(2)7-13(3)9-15/h7-9,14,17,19H,4-6,10-11H2,1-3H3,(H,18,20). The second-order valence-electron chi connectivity index (χ2n) is 5.20. The van der Waals surface area contributed by atoms with Gasteiger partial charge in [-0.1, -0.05) is 6.07 Å². The quantitative estimate of drug-likeness (QED) is 0.598. The summed E-state index contributed by atoms with van der Waals surface area (Å²) in [5.41, 5.74) is 2.28. The minimum absolute atomic E-state index is 0.0194. The maximum absolute atomic E-state index is 11.2. The van der Waals surface area contributed by atoms with Crippen molar-refractivity contribution in [1.82, 2.24) is 10.6 Å². The van der Waals surface area contributed by atoms with Gasteiger partial charge in [-0.15, -0.1) is 0 Å². The third-order valence-electron chi connectivity index (χ3n) is 2.92. The van der Waals surface area contributed by atoms with Gasteiger partial charge in [0.15, 0.2) is 0 Å². The van der Waals surface area contributed by atoms with Crippen molar-refractivity contribution in [3.8, 4) is 5.75 Å². The van der Waals surface area contributed by atoms with Gasteiger partial charge in [0.25, 0.3) is 0 Å². The van der Waals surface area contributed by atoms with E-state index in [1.54, 1.807) is 0 Å². The van der Waals surface area contributed by atoms with Crippen molar-refractivity contribution in [3.05, 3.63) is 29.3 Å². The highest BCUT2D eigenvalue weighted by Gasteiger charge is 2.06. The Bertz CT molecular complexity index is 429. The molecule has 0 fully saturated rings. The number of aliphatic hydroxyl groups excluding tert-OH is 1. The van der Waals surface area contributed by atoms with Gasteiger partial charge in [0.05, 0.1) is 0 Å². The van der Waals surface area contributed by atoms with Gasteiger partial charge in [-0.3, -0.25) is 4.79 Å². The van der Waals surface area contributed by atoms with E-state index in [4.69, 9.17) is 4.74 Å². The Balaban J connectivity index is 2.19. The summed E-state index contributed by atoms with van der Waals surface area (Å²) in [5.74, 6) is 0.792. The summed E-state index contributed by atoms with van der Waals surface area (Å²) in [5, 5.41) is 15.6. The van der Waals surface area contributed by atoms with Crippen molar-refractivity contribution in [2.45, 2.75) is 33.3 Å². The zero-order valence-electron chi connectivity index (χ0n) is 13.1. The van der Waals surface area contributed by atoms with Crippen LogP contribution >= 0.6 is 0 Å². The predicted molar refractivity (Wildman–Crippen MR) is 83.6 cm³/mol. The van der Waals surface area contributed by atoms with E-state index >= 15 is 0 Å². The summed E-state index contributed by atoms with van der Waals surface area (Å²) in [4.78, 5) is 11.2. The molecule has 0 aliphatic carbocycles. The van der Waals surface area contributed by atoms with Crippen molar-refractivity contribution in [3.63, 3.8) is 0 Å². The van der Waals surface area contributed by atoms with E-state index in [0.717, 1.165) is 16.9 Å². The molecule has 1 amide bonds. The topological polar surface area (TPSA) is 70.6 Å². The summed E-state index contributed by atoms with van der Waals surface area (Å²) in [6.45, 7) is 7.75. The summed E-state index contributed by atoms with van der Waals surface area (Å²) in [7, 11) is 0. The second kappa shape index (κ2) is 9.37. The highest BCUT2D eigenvalue weighted by atomic mass is 16.5. The lowest BCUT2D eigenvalue weighted by atomic mass is 10.1. The molecule has 0 aliphatic heterocycles. The molecule has 21 heavy (non-hydrogen) atoms. The van der Waals surface area contributed by atoms with E-state index < -0.39 is 6.10 Å². The monoisotopic (exact) mass is 294 g/mol. The molecule has 1 aromatic carbocycles. The summed E-state index contributed by atoms with van der Waals surface area (Å²) in [6.07, 6.45) is -0.182. The third kappa shape index (κ3) is 7.68. The fourth-order valence-corrected chi connectivity index (χ4v) is 2.02.